The van der Waals surface area contributed by atoms with Crippen LogP contribution in [0.5, 0.6) is 0 Å². The molecule has 0 aliphatic heterocycles. The molecule has 0 saturated carbocycles. The molecular formula is C15H22FNO2. The highest BCUT2D eigenvalue weighted by molar-refractivity contribution is 5.67. The van der Waals surface area contributed by atoms with Gasteiger partial charge in [0.05, 0.1) is 12.1 Å². The second kappa shape index (κ2) is 8.51. The van der Waals surface area contributed by atoms with Crippen molar-refractivity contribution in [3.8, 4) is 0 Å². The maximum atomic E-state index is 13.8. The molecule has 1 N–H and O–H groups in total. The number of carboxylic acids is 1. The van der Waals surface area contributed by atoms with E-state index in [9.17, 15) is 9.18 Å². The van der Waals surface area contributed by atoms with Crippen molar-refractivity contribution in [3.63, 3.8) is 0 Å². The largest absolute Gasteiger partial charge is 0.481 e. The first-order chi connectivity index (χ1) is 9.15. The zero-order valence-electron chi connectivity index (χ0n) is 11.4. The molecule has 0 fully saturated rings. The Morgan fingerprint density at radius 3 is 2.58 bits per heavy atom. The van der Waals surface area contributed by atoms with Crippen molar-refractivity contribution < 1.29 is 14.3 Å². The molecule has 1 aromatic rings. The molecule has 1 rings (SSSR count). The number of anilines is 1. The smallest absolute Gasteiger partial charge is 0.305 e. The molecule has 0 aliphatic rings. The van der Waals surface area contributed by atoms with Crippen LogP contribution in [0.2, 0.25) is 0 Å². The molecule has 4 heteroatoms. The predicted octanol–water partition coefficient (Wildman–Crippen LogP) is 3.69. The highest BCUT2D eigenvalue weighted by Crippen LogP contribution is 2.19. The molecule has 0 heterocycles. The molecule has 0 spiro atoms. The van der Waals surface area contributed by atoms with Crippen molar-refractivity contribution in [2.75, 3.05) is 18.0 Å². The number of hydrogen-bond donors (Lipinski definition) is 1. The molecule has 0 aromatic heterocycles. The molecule has 0 radical (unpaired) electrons. The summed E-state index contributed by atoms with van der Waals surface area (Å²) >= 11 is 0. The molecule has 0 unspecified atom stereocenters. The number of carbonyl (C=O) groups is 1. The predicted molar refractivity (Wildman–Crippen MR) is 75.0 cm³/mol. The number of carboxylic acid groups (broad SMARTS) is 1. The van der Waals surface area contributed by atoms with Crippen LogP contribution >= 0.6 is 0 Å². The van der Waals surface area contributed by atoms with Gasteiger partial charge in [-0.1, -0.05) is 38.3 Å². The first-order valence-corrected chi connectivity index (χ1v) is 6.86. The lowest BCUT2D eigenvalue weighted by molar-refractivity contribution is -0.136. The van der Waals surface area contributed by atoms with Gasteiger partial charge >= 0.3 is 5.97 Å². The van der Waals surface area contributed by atoms with Crippen LogP contribution in [-0.2, 0) is 4.79 Å². The van der Waals surface area contributed by atoms with E-state index in [1.54, 1.807) is 18.2 Å². The fourth-order valence-electron chi connectivity index (χ4n) is 2.02. The number of halogens is 1. The van der Waals surface area contributed by atoms with Crippen LogP contribution in [0.1, 0.15) is 39.0 Å². The molecule has 0 aliphatic carbocycles. The van der Waals surface area contributed by atoms with Gasteiger partial charge in [0, 0.05) is 13.1 Å². The van der Waals surface area contributed by atoms with Gasteiger partial charge in [-0.25, -0.2) is 4.39 Å². The molecule has 0 amide bonds. The molecule has 106 valence electrons. The molecule has 1 aromatic carbocycles. The van der Waals surface area contributed by atoms with Gasteiger partial charge in [0.2, 0.25) is 0 Å². The standard InChI is InChI=1S/C15H22FNO2/c1-2-3-4-7-11-17(12-10-15(18)19)14-9-6-5-8-13(14)16/h5-6,8-9H,2-4,7,10-12H2,1H3,(H,18,19). The quantitative estimate of drug-likeness (QED) is 0.694. The van der Waals surface area contributed by atoms with Crippen molar-refractivity contribution in [2.24, 2.45) is 0 Å². The van der Waals surface area contributed by atoms with E-state index in [1.165, 1.54) is 6.07 Å². The van der Waals surface area contributed by atoms with Crippen molar-refractivity contribution in [3.05, 3.63) is 30.1 Å². The number of rotatable bonds is 9. The Hall–Kier alpha value is -1.58. The van der Waals surface area contributed by atoms with Gasteiger partial charge < -0.3 is 10.0 Å². The average Bonchev–Trinajstić information content (AvgIpc) is 2.39. The minimum absolute atomic E-state index is 0.0299. The minimum Gasteiger partial charge on any atom is -0.481 e. The Bertz CT molecular complexity index is 395. The topological polar surface area (TPSA) is 40.5 Å². The van der Waals surface area contributed by atoms with Crippen molar-refractivity contribution >= 4 is 11.7 Å². The van der Waals surface area contributed by atoms with E-state index in [0.717, 1.165) is 25.7 Å². The lowest BCUT2D eigenvalue weighted by Gasteiger charge is -2.24. The first kappa shape index (κ1) is 15.5. The lowest BCUT2D eigenvalue weighted by atomic mass is 10.2. The first-order valence-electron chi connectivity index (χ1n) is 6.86. The summed E-state index contributed by atoms with van der Waals surface area (Å²) in [5.41, 5.74) is 0.500. The van der Waals surface area contributed by atoms with Crippen LogP contribution in [0.25, 0.3) is 0 Å². The zero-order valence-corrected chi connectivity index (χ0v) is 11.4. The summed E-state index contributed by atoms with van der Waals surface area (Å²) in [5, 5.41) is 8.77. The number of hydrogen-bond acceptors (Lipinski definition) is 2. The number of para-hydroxylation sites is 1. The van der Waals surface area contributed by atoms with Crippen LogP contribution in [0, 0.1) is 5.82 Å². The molecule has 0 saturated heterocycles. The highest BCUT2D eigenvalue weighted by atomic mass is 19.1. The normalized spacial score (nSPS) is 10.4. The van der Waals surface area contributed by atoms with Crippen LogP contribution in [0.15, 0.2) is 24.3 Å². The SMILES string of the molecule is CCCCCCN(CCC(=O)O)c1ccccc1F. The van der Waals surface area contributed by atoms with Crippen molar-refractivity contribution in [1.82, 2.24) is 0 Å². The Morgan fingerprint density at radius 1 is 1.21 bits per heavy atom. The van der Waals surface area contributed by atoms with E-state index >= 15 is 0 Å². The van der Waals surface area contributed by atoms with Gasteiger partial charge in [0.15, 0.2) is 0 Å². The lowest BCUT2D eigenvalue weighted by Crippen LogP contribution is -2.28. The molecule has 3 nitrogen and oxygen atoms in total. The van der Waals surface area contributed by atoms with E-state index in [1.807, 2.05) is 4.90 Å². The van der Waals surface area contributed by atoms with Gasteiger partial charge in [-0.2, -0.15) is 0 Å². The average molecular weight is 267 g/mol. The Balaban J connectivity index is 2.63. The van der Waals surface area contributed by atoms with Crippen LogP contribution < -0.4 is 4.90 Å². The van der Waals surface area contributed by atoms with Gasteiger partial charge in [0.25, 0.3) is 0 Å². The molecule has 19 heavy (non-hydrogen) atoms. The summed E-state index contributed by atoms with van der Waals surface area (Å²) in [6.45, 7) is 3.19. The van der Waals surface area contributed by atoms with Gasteiger partial charge in [0.1, 0.15) is 5.82 Å². The summed E-state index contributed by atoms with van der Waals surface area (Å²) in [5.74, 6) is -1.14. The van der Waals surface area contributed by atoms with Crippen LogP contribution in [-0.4, -0.2) is 24.2 Å². The second-order valence-electron chi connectivity index (χ2n) is 4.64. The maximum absolute atomic E-state index is 13.8. The Morgan fingerprint density at radius 2 is 1.95 bits per heavy atom. The summed E-state index contributed by atoms with van der Waals surface area (Å²) in [4.78, 5) is 12.5. The van der Waals surface area contributed by atoms with E-state index in [4.69, 9.17) is 5.11 Å². The third kappa shape index (κ3) is 5.73. The Kier molecular flexibility index (Phi) is 6.93. The van der Waals surface area contributed by atoms with Gasteiger partial charge in [-0.05, 0) is 18.6 Å². The van der Waals surface area contributed by atoms with E-state index < -0.39 is 5.97 Å². The van der Waals surface area contributed by atoms with Gasteiger partial charge in [-0.3, -0.25) is 4.79 Å². The fraction of sp³-hybridized carbons (Fsp3) is 0.533. The number of unbranched alkanes of at least 4 members (excludes halogenated alkanes) is 3. The summed E-state index contributed by atoms with van der Waals surface area (Å²) < 4.78 is 13.8. The zero-order chi connectivity index (χ0) is 14.1. The van der Waals surface area contributed by atoms with Gasteiger partial charge in [-0.15, -0.1) is 0 Å². The minimum atomic E-state index is -0.852. The van der Waals surface area contributed by atoms with E-state index in [2.05, 4.69) is 6.92 Å². The number of nitrogens with zero attached hydrogens (tertiary/aromatic N) is 1. The van der Waals surface area contributed by atoms with Crippen LogP contribution in [0.4, 0.5) is 10.1 Å². The summed E-state index contributed by atoms with van der Waals surface area (Å²) in [6.07, 6.45) is 4.39. The maximum Gasteiger partial charge on any atom is 0.305 e. The third-order valence-electron chi connectivity index (χ3n) is 3.07. The molecule has 0 atom stereocenters. The summed E-state index contributed by atoms with van der Waals surface area (Å²) in [7, 11) is 0. The van der Waals surface area contributed by atoms with E-state index in [-0.39, 0.29) is 12.2 Å². The second-order valence-corrected chi connectivity index (χ2v) is 4.64. The number of aliphatic carboxylic acids is 1. The van der Waals surface area contributed by atoms with Crippen LogP contribution in [0.3, 0.4) is 0 Å². The van der Waals surface area contributed by atoms with Crippen molar-refractivity contribution in [2.45, 2.75) is 39.0 Å². The number of benzene rings is 1. The Labute approximate surface area is 114 Å². The monoisotopic (exact) mass is 267 g/mol. The van der Waals surface area contributed by atoms with Crippen molar-refractivity contribution in [1.29, 1.82) is 0 Å². The molecule has 0 bridgehead atoms. The highest BCUT2D eigenvalue weighted by Gasteiger charge is 2.12. The fourth-order valence-corrected chi connectivity index (χ4v) is 2.02. The van der Waals surface area contributed by atoms with E-state index in [0.29, 0.717) is 18.8 Å². The summed E-state index contributed by atoms with van der Waals surface area (Å²) in [6, 6.07) is 6.54. The molecular weight excluding hydrogens is 245 g/mol. The third-order valence-corrected chi connectivity index (χ3v) is 3.07.